The van der Waals surface area contributed by atoms with Crippen LogP contribution in [0.4, 0.5) is 19.0 Å². The third-order valence-corrected chi connectivity index (χ3v) is 5.71. The van der Waals surface area contributed by atoms with Crippen molar-refractivity contribution < 1.29 is 13.2 Å². The lowest BCUT2D eigenvalue weighted by molar-refractivity contribution is -0.143. The first-order valence-electron chi connectivity index (χ1n) is 7.13. The molecule has 1 unspecified atom stereocenters. The Morgan fingerprint density at radius 1 is 1.43 bits per heavy atom. The fourth-order valence-electron chi connectivity index (χ4n) is 2.67. The monoisotopic (exact) mass is 363 g/mol. The molecule has 23 heavy (non-hydrogen) atoms. The number of hydrogen-bond acceptors (Lipinski definition) is 7. The topological polar surface area (TPSA) is 53.9 Å². The Bertz CT molecular complexity index is 675. The molecule has 126 valence electrons. The number of alkyl halides is 3. The highest BCUT2D eigenvalue weighted by molar-refractivity contribution is 8.00. The Morgan fingerprint density at radius 2 is 2.26 bits per heavy atom. The minimum atomic E-state index is -4.13. The van der Waals surface area contributed by atoms with Crippen molar-refractivity contribution in [1.29, 1.82) is 0 Å². The fraction of sp³-hybridized carbons (Fsp3) is 0.615. The molecule has 0 saturated carbocycles. The second kappa shape index (κ2) is 6.78. The molecule has 1 atom stereocenters. The Kier molecular flexibility index (Phi) is 4.93. The quantitative estimate of drug-likeness (QED) is 0.824. The molecular weight excluding hydrogens is 347 g/mol. The Morgan fingerprint density at radius 3 is 3.00 bits per heavy atom. The lowest BCUT2D eigenvalue weighted by atomic mass is 10.1. The molecule has 10 heteroatoms. The van der Waals surface area contributed by atoms with E-state index in [0.717, 1.165) is 15.5 Å². The van der Waals surface area contributed by atoms with Gasteiger partial charge in [-0.1, -0.05) is 11.8 Å². The van der Waals surface area contributed by atoms with Crippen molar-refractivity contribution in [2.45, 2.75) is 16.9 Å². The Hall–Kier alpha value is -1.13. The molecule has 1 fully saturated rings. The molecule has 0 aliphatic carbocycles. The summed E-state index contributed by atoms with van der Waals surface area (Å²) in [5.41, 5.74) is 0.655. The predicted octanol–water partition coefficient (Wildman–Crippen LogP) is 3.10. The summed E-state index contributed by atoms with van der Waals surface area (Å²) in [6.45, 7) is 0.724. The van der Waals surface area contributed by atoms with Gasteiger partial charge in [0.05, 0.1) is 6.54 Å². The zero-order valence-corrected chi connectivity index (χ0v) is 14.1. The standard InChI is InChI=1S/C13H16F3N5S2/c1-22-12-20-11-9(23-12)10(18-7-19-11)17-4-8-2-3-21(5-8)6-13(14,15)16/h7-8H,2-6H2,1H3,(H,17,18,19). The molecule has 3 heterocycles. The lowest BCUT2D eigenvalue weighted by Gasteiger charge is -2.18. The third-order valence-electron chi connectivity index (χ3n) is 3.68. The molecule has 5 nitrogen and oxygen atoms in total. The minimum absolute atomic E-state index is 0.190. The summed E-state index contributed by atoms with van der Waals surface area (Å²) >= 11 is 3.07. The summed E-state index contributed by atoms with van der Waals surface area (Å²) in [5.74, 6) is 0.900. The van der Waals surface area contributed by atoms with Gasteiger partial charge in [0.1, 0.15) is 16.8 Å². The van der Waals surface area contributed by atoms with Crippen molar-refractivity contribution >= 4 is 39.3 Å². The Balaban J connectivity index is 1.60. The zero-order chi connectivity index (χ0) is 16.4. The number of thioether (sulfide) groups is 1. The molecule has 1 N–H and O–H groups in total. The van der Waals surface area contributed by atoms with Gasteiger partial charge >= 0.3 is 6.18 Å². The van der Waals surface area contributed by atoms with E-state index in [1.54, 1.807) is 11.8 Å². The van der Waals surface area contributed by atoms with E-state index in [9.17, 15) is 13.2 Å². The molecule has 2 aromatic rings. The van der Waals surface area contributed by atoms with E-state index >= 15 is 0 Å². The van der Waals surface area contributed by atoms with Crippen LogP contribution >= 0.6 is 23.1 Å². The van der Waals surface area contributed by atoms with Gasteiger partial charge in [-0.05, 0) is 25.1 Å². The molecule has 0 aromatic carbocycles. The van der Waals surface area contributed by atoms with Crippen molar-refractivity contribution in [3.05, 3.63) is 6.33 Å². The van der Waals surface area contributed by atoms with E-state index in [0.29, 0.717) is 31.1 Å². The summed E-state index contributed by atoms with van der Waals surface area (Å²) in [6, 6.07) is 0. The van der Waals surface area contributed by atoms with Crippen LogP contribution in [-0.2, 0) is 0 Å². The van der Waals surface area contributed by atoms with Crippen molar-refractivity contribution in [2.75, 3.05) is 37.8 Å². The summed E-state index contributed by atoms with van der Waals surface area (Å²) in [6.07, 6.45) is 0.0408. The molecule has 0 amide bonds. The number of halogens is 3. The Labute approximate surface area is 139 Å². The largest absolute Gasteiger partial charge is 0.401 e. The first-order valence-corrected chi connectivity index (χ1v) is 9.17. The smallest absolute Gasteiger partial charge is 0.368 e. The molecular formula is C13H16F3N5S2. The number of rotatable bonds is 5. The second-order valence-electron chi connectivity index (χ2n) is 5.44. The van der Waals surface area contributed by atoms with E-state index in [1.165, 1.54) is 22.6 Å². The molecule has 2 aromatic heterocycles. The van der Waals surface area contributed by atoms with Crippen LogP contribution in [0.1, 0.15) is 6.42 Å². The summed E-state index contributed by atoms with van der Waals surface area (Å²) in [7, 11) is 0. The summed E-state index contributed by atoms with van der Waals surface area (Å²) in [4.78, 5) is 14.2. The van der Waals surface area contributed by atoms with Gasteiger partial charge in [0.15, 0.2) is 9.99 Å². The fourth-order valence-corrected chi connectivity index (χ4v) is 4.14. The van der Waals surface area contributed by atoms with E-state index in [-0.39, 0.29) is 5.92 Å². The maximum atomic E-state index is 12.4. The third kappa shape index (κ3) is 4.24. The summed E-state index contributed by atoms with van der Waals surface area (Å²) < 4.78 is 39.1. The first kappa shape index (κ1) is 16.7. The zero-order valence-electron chi connectivity index (χ0n) is 12.4. The number of anilines is 1. The van der Waals surface area contributed by atoms with E-state index in [2.05, 4.69) is 20.3 Å². The molecule has 3 rings (SSSR count). The number of aromatic nitrogens is 3. The van der Waals surface area contributed by atoms with Gasteiger partial charge in [-0.25, -0.2) is 15.0 Å². The van der Waals surface area contributed by atoms with E-state index < -0.39 is 12.7 Å². The molecule has 1 saturated heterocycles. The van der Waals surface area contributed by atoms with Crippen LogP contribution in [0.15, 0.2) is 10.7 Å². The minimum Gasteiger partial charge on any atom is -0.368 e. The van der Waals surface area contributed by atoms with Crippen molar-refractivity contribution in [3.63, 3.8) is 0 Å². The van der Waals surface area contributed by atoms with Crippen LogP contribution < -0.4 is 5.32 Å². The van der Waals surface area contributed by atoms with Gasteiger partial charge in [-0.2, -0.15) is 13.2 Å². The van der Waals surface area contributed by atoms with Gasteiger partial charge in [-0.3, -0.25) is 4.90 Å². The predicted molar refractivity (Wildman–Crippen MR) is 86.1 cm³/mol. The molecule has 1 aliphatic rings. The first-order chi connectivity index (χ1) is 10.9. The molecule has 0 bridgehead atoms. The average molecular weight is 363 g/mol. The number of nitrogens with zero attached hydrogens (tertiary/aromatic N) is 4. The van der Waals surface area contributed by atoms with Crippen LogP contribution in [0, 0.1) is 5.92 Å². The van der Waals surface area contributed by atoms with Crippen LogP contribution in [0.5, 0.6) is 0 Å². The highest BCUT2D eigenvalue weighted by Gasteiger charge is 2.34. The normalized spacial score (nSPS) is 19.6. The number of nitrogens with one attached hydrogen (secondary N) is 1. The van der Waals surface area contributed by atoms with Crippen LogP contribution in [0.2, 0.25) is 0 Å². The van der Waals surface area contributed by atoms with Crippen LogP contribution in [0.25, 0.3) is 10.3 Å². The maximum absolute atomic E-state index is 12.4. The van der Waals surface area contributed by atoms with Gasteiger partial charge in [-0.15, -0.1) is 11.3 Å². The van der Waals surface area contributed by atoms with Gasteiger partial charge in [0.25, 0.3) is 0 Å². The van der Waals surface area contributed by atoms with Crippen LogP contribution in [-0.4, -0.2) is 58.5 Å². The van der Waals surface area contributed by atoms with Gasteiger partial charge in [0.2, 0.25) is 0 Å². The number of hydrogen-bond donors (Lipinski definition) is 1. The molecule has 1 aliphatic heterocycles. The lowest BCUT2D eigenvalue weighted by Crippen LogP contribution is -2.33. The molecule has 0 radical (unpaired) electrons. The SMILES string of the molecule is CSc1nc2ncnc(NCC3CCN(CC(F)(F)F)C3)c2s1. The van der Waals surface area contributed by atoms with Gasteiger partial charge < -0.3 is 5.32 Å². The van der Waals surface area contributed by atoms with Crippen molar-refractivity contribution in [3.8, 4) is 0 Å². The number of fused-ring (bicyclic) bond motifs is 1. The second-order valence-corrected chi connectivity index (χ2v) is 7.50. The number of thiazole rings is 1. The molecule has 0 spiro atoms. The van der Waals surface area contributed by atoms with Crippen molar-refractivity contribution in [2.24, 2.45) is 5.92 Å². The average Bonchev–Trinajstić information content (AvgIpc) is 3.09. The van der Waals surface area contributed by atoms with Crippen molar-refractivity contribution in [1.82, 2.24) is 19.9 Å². The van der Waals surface area contributed by atoms with Gasteiger partial charge in [0, 0.05) is 13.1 Å². The highest BCUT2D eigenvalue weighted by Crippen LogP contribution is 2.31. The maximum Gasteiger partial charge on any atom is 0.401 e. The van der Waals surface area contributed by atoms with E-state index in [4.69, 9.17) is 0 Å². The highest BCUT2D eigenvalue weighted by atomic mass is 32.2. The van der Waals surface area contributed by atoms with E-state index in [1.807, 2.05) is 6.26 Å². The van der Waals surface area contributed by atoms with Crippen LogP contribution in [0.3, 0.4) is 0 Å². The number of likely N-dealkylation sites (tertiary alicyclic amines) is 1. The summed E-state index contributed by atoms with van der Waals surface area (Å²) in [5, 5.41) is 3.25.